The molecule has 0 saturated heterocycles. The lowest BCUT2D eigenvalue weighted by molar-refractivity contribution is -0.144. The van der Waals surface area contributed by atoms with Gasteiger partial charge >= 0.3 is 5.97 Å². The lowest BCUT2D eigenvalue weighted by Gasteiger charge is -2.26. The molecule has 0 fully saturated rings. The summed E-state index contributed by atoms with van der Waals surface area (Å²) in [4.78, 5) is 68.3. The van der Waals surface area contributed by atoms with E-state index >= 15 is 0 Å². The Morgan fingerprint density at radius 1 is 1.08 bits per heavy atom. The Morgan fingerprint density at radius 3 is 2.22 bits per heavy atom. The van der Waals surface area contributed by atoms with Crippen LogP contribution in [0.15, 0.2) is 12.5 Å². The van der Waals surface area contributed by atoms with E-state index in [0.717, 1.165) is 0 Å². The molecular weight excluding hydrogens is 490 g/mol. The fourth-order valence-electron chi connectivity index (χ4n) is 3.27. The van der Waals surface area contributed by atoms with Crippen molar-refractivity contribution >= 4 is 41.4 Å². The Kier molecular flexibility index (Phi) is 13.5. The molecule has 9 N–H and O–H groups in total. The van der Waals surface area contributed by atoms with E-state index in [2.05, 4.69) is 25.9 Å². The average molecular weight is 528 g/mol. The Balaban J connectivity index is 2.97. The van der Waals surface area contributed by atoms with Gasteiger partial charge in [0.1, 0.15) is 18.1 Å². The number of amides is 4. The topological polar surface area (TPSA) is 222 Å². The first-order valence-electron chi connectivity index (χ1n) is 11.6. The van der Waals surface area contributed by atoms with Gasteiger partial charge in [0.05, 0.1) is 12.4 Å². The van der Waals surface area contributed by atoms with Crippen molar-refractivity contribution in [3.05, 3.63) is 18.2 Å². The van der Waals surface area contributed by atoms with Crippen LogP contribution in [0.1, 0.15) is 45.2 Å². The second-order valence-electron chi connectivity index (χ2n) is 8.51. The molecule has 13 nitrogen and oxygen atoms in total. The van der Waals surface area contributed by atoms with E-state index in [4.69, 9.17) is 11.5 Å². The summed E-state index contributed by atoms with van der Waals surface area (Å²) in [6, 6.07) is -4.37. The third-order valence-corrected chi connectivity index (χ3v) is 6.31. The van der Waals surface area contributed by atoms with Gasteiger partial charge in [-0.2, -0.15) is 11.8 Å². The molecular formula is C22H37N7O6S. The fraction of sp³-hybridized carbons (Fsp3) is 0.636. The van der Waals surface area contributed by atoms with Gasteiger partial charge in [0, 0.05) is 24.7 Å². The lowest BCUT2D eigenvalue weighted by atomic mass is 9.98. The molecule has 4 amide bonds. The van der Waals surface area contributed by atoms with Crippen LogP contribution >= 0.6 is 11.8 Å². The van der Waals surface area contributed by atoms with Gasteiger partial charge in [0.2, 0.25) is 23.6 Å². The van der Waals surface area contributed by atoms with Gasteiger partial charge in [0.25, 0.3) is 0 Å². The summed E-state index contributed by atoms with van der Waals surface area (Å²) in [7, 11) is 0. The molecule has 0 saturated carbocycles. The Bertz CT molecular complexity index is 882. The normalized spacial score (nSPS) is 15.1. The number of imidazole rings is 1. The smallest absolute Gasteiger partial charge is 0.326 e. The zero-order valence-electron chi connectivity index (χ0n) is 20.8. The molecule has 1 aromatic rings. The van der Waals surface area contributed by atoms with Crippen LogP contribution < -0.4 is 27.4 Å². The molecule has 14 heteroatoms. The summed E-state index contributed by atoms with van der Waals surface area (Å²) in [5.41, 5.74) is 11.8. The van der Waals surface area contributed by atoms with E-state index in [1.165, 1.54) is 24.3 Å². The minimum absolute atomic E-state index is 0.137. The van der Waals surface area contributed by atoms with Gasteiger partial charge in [-0.05, 0) is 30.8 Å². The van der Waals surface area contributed by atoms with E-state index in [-0.39, 0.29) is 31.6 Å². The molecule has 1 heterocycles. The van der Waals surface area contributed by atoms with E-state index in [1.807, 2.05) is 6.26 Å². The molecule has 0 aromatic carbocycles. The first-order valence-corrected chi connectivity index (χ1v) is 13.0. The number of rotatable bonds is 17. The minimum atomic E-state index is -1.23. The quantitative estimate of drug-likeness (QED) is 0.130. The van der Waals surface area contributed by atoms with Crippen LogP contribution in [-0.2, 0) is 30.4 Å². The number of carboxylic acids is 1. The van der Waals surface area contributed by atoms with Crippen molar-refractivity contribution < 1.29 is 29.1 Å². The van der Waals surface area contributed by atoms with Gasteiger partial charge in [-0.3, -0.25) is 19.2 Å². The number of aliphatic carboxylic acids is 1. The molecule has 5 atom stereocenters. The monoisotopic (exact) mass is 527 g/mol. The SMILES string of the molecule is CCC(C)C(NC(=O)C(CCC(N)=O)NC(=O)C(CCSC)NC(=O)C(N)Cc1cnc[nH]1)C(=O)O. The van der Waals surface area contributed by atoms with Crippen molar-refractivity contribution in [2.75, 3.05) is 12.0 Å². The highest BCUT2D eigenvalue weighted by molar-refractivity contribution is 7.98. The fourth-order valence-corrected chi connectivity index (χ4v) is 3.75. The molecule has 1 rings (SSSR count). The number of H-pyrrole nitrogens is 1. The summed E-state index contributed by atoms with van der Waals surface area (Å²) in [6.07, 6.45) is 5.42. The summed E-state index contributed by atoms with van der Waals surface area (Å²) in [5.74, 6) is -3.73. The van der Waals surface area contributed by atoms with Crippen molar-refractivity contribution in [3.8, 4) is 0 Å². The molecule has 0 aliphatic carbocycles. The molecule has 0 aliphatic rings. The van der Waals surface area contributed by atoms with Gasteiger partial charge in [-0.15, -0.1) is 0 Å². The maximum Gasteiger partial charge on any atom is 0.326 e. The highest BCUT2D eigenvalue weighted by Gasteiger charge is 2.32. The average Bonchev–Trinajstić information content (AvgIpc) is 3.34. The zero-order chi connectivity index (χ0) is 27.3. The van der Waals surface area contributed by atoms with Crippen LogP contribution in [0.25, 0.3) is 0 Å². The number of nitrogens with one attached hydrogen (secondary N) is 4. The first-order chi connectivity index (χ1) is 17.0. The van der Waals surface area contributed by atoms with Crippen LogP contribution in [0.5, 0.6) is 0 Å². The third kappa shape index (κ3) is 10.6. The largest absolute Gasteiger partial charge is 0.480 e. The van der Waals surface area contributed by atoms with Crippen LogP contribution in [0, 0.1) is 5.92 Å². The van der Waals surface area contributed by atoms with Crippen LogP contribution in [0.4, 0.5) is 0 Å². The number of nitrogens with two attached hydrogens (primary N) is 2. The summed E-state index contributed by atoms with van der Waals surface area (Å²) in [5, 5.41) is 17.1. The number of thioether (sulfide) groups is 1. The highest BCUT2D eigenvalue weighted by Crippen LogP contribution is 2.10. The third-order valence-electron chi connectivity index (χ3n) is 5.66. The van der Waals surface area contributed by atoms with E-state index in [0.29, 0.717) is 17.9 Å². The van der Waals surface area contributed by atoms with Gasteiger partial charge in [-0.25, -0.2) is 9.78 Å². The maximum absolute atomic E-state index is 13.1. The number of primary amides is 1. The van der Waals surface area contributed by atoms with E-state index < -0.39 is 53.8 Å². The van der Waals surface area contributed by atoms with Gasteiger partial charge in [-0.1, -0.05) is 20.3 Å². The van der Waals surface area contributed by atoms with Crippen LogP contribution in [-0.4, -0.2) is 80.8 Å². The standard InChI is InChI=1S/C22H37N7O6S/c1-4-12(2)18(22(34)35)29-21(33)15(5-6-17(24)30)28-20(32)16(7-8-36-3)27-19(31)14(23)9-13-10-25-11-26-13/h10-12,14-16,18H,4-9,23H2,1-3H3,(H2,24,30)(H,25,26)(H,27,31)(H,28,32)(H,29,33)(H,34,35). The number of aromatic amines is 1. The summed E-state index contributed by atoms with van der Waals surface area (Å²) < 4.78 is 0. The molecule has 1 aromatic heterocycles. The molecule has 36 heavy (non-hydrogen) atoms. The highest BCUT2D eigenvalue weighted by atomic mass is 32.2. The predicted molar refractivity (Wildman–Crippen MR) is 135 cm³/mol. The van der Waals surface area contributed by atoms with Crippen LogP contribution in [0.2, 0.25) is 0 Å². The van der Waals surface area contributed by atoms with Crippen molar-refractivity contribution in [2.45, 2.75) is 70.1 Å². The Morgan fingerprint density at radius 2 is 1.69 bits per heavy atom. The Labute approximate surface area is 214 Å². The van der Waals surface area contributed by atoms with Crippen molar-refractivity contribution in [2.24, 2.45) is 17.4 Å². The predicted octanol–water partition coefficient (Wildman–Crippen LogP) is -1.12. The number of nitrogens with zero attached hydrogens (tertiary/aromatic N) is 1. The van der Waals surface area contributed by atoms with Crippen LogP contribution in [0.3, 0.4) is 0 Å². The number of carboxylic acid groups (broad SMARTS) is 1. The van der Waals surface area contributed by atoms with Crippen molar-refractivity contribution in [3.63, 3.8) is 0 Å². The molecule has 5 unspecified atom stereocenters. The Hall–Kier alpha value is -3.13. The molecule has 0 aliphatic heterocycles. The first kappa shape index (κ1) is 30.9. The summed E-state index contributed by atoms with van der Waals surface area (Å²) in [6.45, 7) is 3.46. The van der Waals surface area contributed by atoms with E-state index in [9.17, 15) is 29.1 Å². The van der Waals surface area contributed by atoms with Crippen molar-refractivity contribution in [1.82, 2.24) is 25.9 Å². The second-order valence-corrected chi connectivity index (χ2v) is 9.49. The van der Waals surface area contributed by atoms with Gasteiger partial charge in [0.15, 0.2) is 0 Å². The van der Waals surface area contributed by atoms with Crippen molar-refractivity contribution in [1.29, 1.82) is 0 Å². The number of carbonyl (C=O) groups is 5. The number of hydrogen-bond donors (Lipinski definition) is 7. The lowest BCUT2D eigenvalue weighted by Crippen LogP contribution is -2.58. The maximum atomic E-state index is 13.1. The number of carbonyl (C=O) groups excluding carboxylic acids is 4. The molecule has 0 spiro atoms. The van der Waals surface area contributed by atoms with Gasteiger partial charge < -0.3 is 37.5 Å². The summed E-state index contributed by atoms with van der Waals surface area (Å²) >= 11 is 1.46. The number of hydrogen-bond acceptors (Lipinski definition) is 8. The second kappa shape index (κ2) is 15.8. The van der Waals surface area contributed by atoms with E-state index in [1.54, 1.807) is 13.8 Å². The molecule has 202 valence electrons. The minimum Gasteiger partial charge on any atom is -0.480 e. The molecule has 0 radical (unpaired) electrons. The number of aromatic nitrogens is 2. The molecule has 0 bridgehead atoms. The zero-order valence-corrected chi connectivity index (χ0v) is 21.6.